The molecule has 4 aromatic rings. The summed E-state index contributed by atoms with van der Waals surface area (Å²) in [6, 6.07) is 30.5. The van der Waals surface area contributed by atoms with Crippen molar-refractivity contribution < 1.29 is 0 Å². The van der Waals surface area contributed by atoms with Crippen LogP contribution in [0.3, 0.4) is 0 Å². The highest BCUT2D eigenvalue weighted by Gasteiger charge is 2.17. The number of fused-ring (bicyclic) bond motifs is 2. The molecule has 0 saturated carbocycles. The van der Waals surface area contributed by atoms with Crippen molar-refractivity contribution in [1.29, 1.82) is 0 Å². The third-order valence-electron chi connectivity index (χ3n) is 4.58. The van der Waals surface area contributed by atoms with Gasteiger partial charge in [0.05, 0.1) is 0 Å². The van der Waals surface area contributed by atoms with Crippen molar-refractivity contribution in [2.45, 2.75) is 13.3 Å². The van der Waals surface area contributed by atoms with Crippen LogP contribution in [0.4, 0.5) is 0 Å². The first-order chi connectivity index (χ1) is 11.4. The van der Waals surface area contributed by atoms with Gasteiger partial charge in [-0.25, -0.2) is 0 Å². The fourth-order valence-electron chi connectivity index (χ4n) is 3.50. The van der Waals surface area contributed by atoms with E-state index in [-0.39, 0.29) is 0 Å². The molecule has 0 aliphatic carbocycles. The lowest BCUT2D eigenvalue weighted by molar-refractivity contribution is 1.00. The zero-order valence-electron chi connectivity index (χ0n) is 13.3. The maximum Gasteiger partial charge on any atom is 0.0350 e. The zero-order chi connectivity index (χ0) is 15.6. The predicted octanol–water partition coefficient (Wildman–Crippen LogP) is 6.37. The standard InChI is InChI=1S/C23H19/c1-2-19(22-15-7-11-17-9-3-5-13-20(17)22)23-16-8-12-18-10-4-6-14-21(18)23/h3-16H,2H2,1H3. The Bertz CT molecular complexity index is 876. The Labute approximate surface area is 137 Å². The number of rotatable bonds is 3. The quantitative estimate of drug-likeness (QED) is 0.411. The predicted molar refractivity (Wildman–Crippen MR) is 99.6 cm³/mol. The maximum absolute atomic E-state index is 2.25. The van der Waals surface area contributed by atoms with Crippen molar-refractivity contribution in [2.24, 2.45) is 0 Å². The summed E-state index contributed by atoms with van der Waals surface area (Å²) in [5, 5.41) is 5.27. The van der Waals surface area contributed by atoms with Gasteiger partial charge in [0.1, 0.15) is 0 Å². The summed E-state index contributed by atoms with van der Waals surface area (Å²) < 4.78 is 0. The highest BCUT2D eigenvalue weighted by molar-refractivity contribution is 5.92. The number of benzene rings is 4. The third-order valence-corrected chi connectivity index (χ3v) is 4.58. The van der Waals surface area contributed by atoms with Crippen LogP contribution < -0.4 is 0 Å². The van der Waals surface area contributed by atoms with Crippen molar-refractivity contribution in [3.8, 4) is 0 Å². The molecule has 0 aromatic heterocycles. The largest absolute Gasteiger partial charge is 0.0642 e. The molecular weight excluding hydrogens is 276 g/mol. The second-order valence-corrected chi connectivity index (χ2v) is 5.89. The van der Waals surface area contributed by atoms with E-state index in [1.54, 1.807) is 0 Å². The van der Waals surface area contributed by atoms with E-state index >= 15 is 0 Å². The van der Waals surface area contributed by atoms with Crippen LogP contribution >= 0.6 is 0 Å². The SMILES string of the molecule is CC[C](c1cccc2ccccc12)c1cccc2ccccc12. The summed E-state index contributed by atoms with van der Waals surface area (Å²) >= 11 is 0. The van der Waals surface area contributed by atoms with Crippen molar-refractivity contribution in [1.82, 2.24) is 0 Å². The third kappa shape index (κ3) is 2.41. The molecule has 0 bridgehead atoms. The molecule has 4 aromatic carbocycles. The van der Waals surface area contributed by atoms with Crippen LogP contribution in [-0.2, 0) is 0 Å². The molecule has 0 amide bonds. The van der Waals surface area contributed by atoms with Crippen LogP contribution in [0.25, 0.3) is 21.5 Å². The Hall–Kier alpha value is -2.60. The lowest BCUT2D eigenvalue weighted by atomic mass is 9.84. The van der Waals surface area contributed by atoms with Crippen LogP contribution in [0.2, 0.25) is 0 Å². The molecule has 0 fully saturated rings. The van der Waals surface area contributed by atoms with Crippen molar-refractivity contribution in [3.63, 3.8) is 0 Å². The van der Waals surface area contributed by atoms with Crippen LogP contribution in [0, 0.1) is 5.92 Å². The van der Waals surface area contributed by atoms with E-state index in [2.05, 4.69) is 91.9 Å². The number of hydrogen-bond acceptors (Lipinski definition) is 0. The molecule has 0 unspecified atom stereocenters. The van der Waals surface area contributed by atoms with Gasteiger partial charge in [0.15, 0.2) is 0 Å². The van der Waals surface area contributed by atoms with Gasteiger partial charge in [0.2, 0.25) is 0 Å². The van der Waals surface area contributed by atoms with E-state index in [1.807, 2.05) is 0 Å². The van der Waals surface area contributed by atoms with Gasteiger partial charge in [0.25, 0.3) is 0 Å². The normalized spacial score (nSPS) is 11.4. The molecule has 4 rings (SSSR count). The van der Waals surface area contributed by atoms with Gasteiger partial charge < -0.3 is 0 Å². The maximum atomic E-state index is 2.25. The molecule has 0 aliphatic heterocycles. The molecular formula is C23H19. The minimum atomic E-state index is 1.02. The van der Waals surface area contributed by atoms with E-state index in [1.165, 1.54) is 38.6 Å². The van der Waals surface area contributed by atoms with Crippen molar-refractivity contribution in [3.05, 3.63) is 102 Å². The average Bonchev–Trinajstić information content (AvgIpc) is 2.63. The first-order valence-corrected chi connectivity index (χ1v) is 8.20. The molecule has 0 atom stereocenters. The molecule has 23 heavy (non-hydrogen) atoms. The molecule has 0 spiro atoms. The molecule has 0 N–H and O–H groups in total. The van der Waals surface area contributed by atoms with Gasteiger partial charge in [0, 0.05) is 5.92 Å². The minimum absolute atomic E-state index is 1.02. The Morgan fingerprint density at radius 3 is 1.48 bits per heavy atom. The first kappa shape index (κ1) is 14.0. The Morgan fingerprint density at radius 1 is 0.565 bits per heavy atom. The summed E-state index contributed by atoms with van der Waals surface area (Å²) in [4.78, 5) is 0. The fourth-order valence-corrected chi connectivity index (χ4v) is 3.50. The smallest absolute Gasteiger partial charge is 0.0350 e. The van der Waals surface area contributed by atoms with E-state index in [0.717, 1.165) is 6.42 Å². The first-order valence-electron chi connectivity index (χ1n) is 8.20. The average molecular weight is 295 g/mol. The van der Waals surface area contributed by atoms with E-state index in [0.29, 0.717) is 0 Å². The van der Waals surface area contributed by atoms with E-state index < -0.39 is 0 Å². The fraction of sp³-hybridized carbons (Fsp3) is 0.0870. The topological polar surface area (TPSA) is 0 Å². The van der Waals surface area contributed by atoms with Crippen LogP contribution in [-0.4, -0.2) is 0 Å². The second-order valence-electron chi connectivity index (χ2n) is 5.89. The lowest BCUT2D eigenvalue weighted by Gasteiger charge is -2.19. The molecule has 0 heteroatoms. The summed E-state index contributed by atoms with van der Waals surface area (Å²) in [6.07, 6.45) is 1.02. The van der Waals surface area contributed by atoms with Gasteiger partial charge in [-0.05, 0) is 39.1 Å². The molecule has 0 nitrogen and oxygen atoms in total. The minimum Gasteiger partial charge on any atom is -0.0642 e. The molecule has 0 heterocycles. The van der Waals surface area contributed by atoms with Crippen molar-refractivity contribution >= 4 is 21.5 Å². The zero-order valence-corrected chi connectivity index (χ0v) is 13.3. The van der Waals surface area contributed by atoms with Crippen molar-refractivity contribution in [2.75, 3.05) is 0 Å². The van der Waals surface area contributed by atoms with Crippen LogP contribution in [0.5, 0.6) is 0 Å². The van der Waals surface area contributed by atoms with Gasteiger partial charge >= 0.3 is 0 Å². The number of hydrogen-bond donors (Lipinski definition) is 0. The van der Waals surface area contributed by atoms with Crippen LogP contribution in [0.15, 0.2) is 84.9 Å². The summed E-state index contributed by atoms with van der Waals surface area (Å²) in [6.45, 7) is 2.25. The Morgan fingerprint density at radius 2 is 1.00 bits per heavy atom. The Kier molecular flexibility index (Phi) is 3.59. The molecule has 111 valence electrons. The monoisotopic (exact) mass is 295 g/mol. The second kappa shape index (κ2) is 5.89. The highest BCUT2D eigenvalue weighted by atomic mass is 14.2. The highest BCUT2D eigenvalue weighted by Crippen LogP contribution is 2.35. The lowest BCUT2D eigenvalue weighted by Crippen LogP contribution is -2.02. The summed E-state index contributed by atoms with van der Waals surface area (Å²) in [5.74, 6) is 1.42. The van der Waals surface area contributed by atoms with Gasteiger partial charge in [-0.15, -0.1) is 0 Å². The molecule has 1 radical (unpaired) electrons. The Balaban J connectivity index is 1.97. The van der Waals surface area contributed by atoms with E-state index in [4.69, 9.17) is 0 Å². The van der Waals surface area contributed by atoms with Gasteiger partial charge in [-0.2, -0.15) is 0 Å². The molecule has 0 aliphatic rings. The van der Waals surface area contributed by atoms with Gasteiger partial charge in [-0.1, -0.05) is 91.9 Å². The van der Waals surface area contributed by atoms with E-state index in [9.17, 15) is 0 Å². The summed E-state index contributed by atoms with van der Waals surface area (Å²) in [5.41, 5.74) is 2.70. The van der Waals surface area contributed by atoms with Crippen LogP contribution in [0.1, 0.15) is 24.5 Å². The molecule has 0 saturated heterocycles. The summed E-state index contributed by atoms with van der Waals surface area (Å²) in [7, 11) is 0. The van der Waals surface area contributed by atoms with Gasteiger partial charge in [-0.3, -0.25) is 0 Å².